The largest absolute Gasteiger partial charge is 0.417 e. The Bertz CT molecular complexity index is 701. The summed E-state index contributed by atoms with van der Waals surface area (Å²) in [7, 11) is 0. The molecule has 0 saturated heterocycles. The summed E-state index contributed by atoms with van der Waals surface area (Å²) in [6.45, 7) is 2.03. The van der Waals surface area contributed by atoms with Gasteiger partial charge in [0.2, 0.25) is 0 Å². The number of benzene rings is 2. The van der Waals surface area contributed by atoms with Crippen molar-refractivity contribution in [3.05, 3.63) is 58.6 Å². The number of hydrogen-bond acceptors (Lipinski definition) is 2. The first-order valence-electron chi connectivity index (χ1n) is 6.72. The van der Waals surface area contributed by atoms with Crippen LogP contribution in [0.4, 0.5) is 18.9 Å². The van der Waals surface area contributed by atoms with E-state index < -0.39 is 22.7 Å². The first-order chi connectivity index (χ1) is 10.8. The fourth-order valence-electron chi connectivity index (χ4n) is 1.89. The number of thioether (sulfide) groups is 1. The number of rotatable bonds is 4. The molecule has 0 saturated carbocycles. The number of carbonyl (C=O) groups is 1. The number of nitrogens with one attached hydrogen (secondary N) is 1. The normalized spacial score (nSPS) is 11.3. The molecule has 0 atom stereocenters. The molecule has 2 aromatic carbocycles. The maximum atomic E-state index is 12.8. The highest BCUT2D eigenvalue weighted by atomic mass is 35.5. The zero-order valence-electron chi connectivity index (χ0n) is 12.1. The third-order valence-corrected chi connectivity index (χ3v) is 4.18. The maximum absolute atomic E-state index is 12.8. The van der Waals surface area contributed by atoms with Gasteiger partial charge < -0.3 is 5.32 Å². The van der Waals surface area contributed by atoms with Crippen molar-refractivity contribution in [2.45, 2.75) is 18.0 Å². The molecule has 0 aliphatic rings. The lowest BCUT2D eigenvalue weighted by Gasteiger charge is -2.11. The number of carbonyl (C=O) groups excluding carboxylic acids is 1. The Labute approximate surface area is 141 Å². The zero-order valence-corrected chi connectivity index (χ0v) is 13.6. The quantitative estimate of drug-likeness (QED) is 0.707. The number of amides is 1. The van der Waals surface area contributed by atoms with Crippen LogP contribution in [0.15, 0.2) is 47.4 Å². The molecule has 7 heteroatoms. The molecule has 0 aliphatic carbocycles. The molecule has 2 rings (SSSR count). The molecule has 0 bridgehead atoms. The van der Waals surface area contributed by atoms with Crippen molar-refractivity contribution < 1.29 is 18.0 Å². The summed E-state index contributed by atoms with van der Waals surface area (Å²) in [6, 6.07) is 10.2. The van der Waals surface area contributed by atoms with Gasteiger partial charge in [-0.15, -0.1) is 11.8 Å². The monoisotopic (exact) mass is 359 g/mol. The Morgan fingerprint density at radius 2 is 1.83 bits per heavy atom. The summed E-state index contributed by atoms with van der Waals surface area (Å²) in [5, 5.41) is 2.13. The lowest BCUT2D eigenvalue weighted by Crippen LogP contribution is -2.14. The summed E-state index contributed by atoms with van der Waals surface area (Å²) in [4.78, 5) is 13.1. The molecule has 122 valence electrons. The van der Waals surface area contributed by atoms with Gasteiger partial charge in [0.1, 0.15) is 0 Å². The minimum absolute atomic E-state index is 0.103. The topological polar surface area (TPSA) is 29.1 Å². The van der Waals surface area contributed by atoms with Crippen LogP contribution < -0.4 is 5.32 Å². The first-order valence-corrected chi connectivity index (χ1v) is 8.08. The van der Waals surface area contributed by atoms with E-state index in [4.69, 9.17) is 11.6 Å². The highest BCUT2D eigenvalue weighted by molar-refractivity contribution is 7.99. The number of alkyl halides is 3. The molecular weight excluding hydrogens is 347 g/mol. The molecule has 0 aromatic heterocycles. The van der Waals surface area contributed by atoms with Gasteiger partial charge in [-0.25, -0.2) is 0 Å². The predicted octanol–water partition coefficient (Wildman–Crippen LogP) is 5.72. The fourth-order valence-corrected chi connectivity index (χ4v) is 2.77. The van der Waals surface area contributed by atoms with Gasteiger partial charge in [0, 0.05) is 16.1 Å². The van der Waals surface area contributed by atoms with E-state index >= 15 is 0 Å². The lowest BCUT2D eigenvalue weighted by atomic mass is 10.1. The highest BCUT2D eigenvalue weighted by Crippen LogP contribution is 2.35. The van der Waals surface area contributed by atoms with Gasteiger partial charge in [0.25, 0.3) is 5.91 Å². The van der Waals surface area contributed by atoms with Gasteiger partial charge in [-0.2, -0.15) is 13.2 Å². The average molecular weight is 360 g/mol. The van der Waals surface area contributed by atoms with Gasteiger partial charge in [0.15, 0.2) is 0 Å². The van der Waals surface area contributed by atoms with Crippen molar-refractivity contribution in [3.63, 3.8) is 0 Å². The second kappa shape index (κ2) is 7.27. The van der Waals surface area contributed by atoms with Gasteiger partial charge >= 0.3 is 6.18 Å². The maximum Gasteiger partial charge on any atom is 0.417 e. The minimum atomic E-state index is -4.60. The summed E-state index contributed by atoms with van der Waals surface area (Å²) in [5.41, 5.74) is -0.616. The van der Waals surface area contributed by atoms with E-state index in [-0.39, 0.29) is 5.56 Å². The van der Waals surface area contributed by atoms with Crippen LogP contribution in [0.3, 0.4) is 0 Å². The molecule has 0 unspecified atom stereocenters. The fraction of sp³-hybridized carbons (Fsp3) is 0.188. The van der Waals surface area contributed by atoms with Crippen LogP contribution in [0.25, 0.3) is 0 Å². The van der Waals surface area contributed by atoms with E-state index in [1.807, 2.05) is 19.1 Å². The summed E-state index contributed by atoms with van der Waals surface area (Å²) in [6.07, 6.45) is -4.60. The predicted molar refractivity (Wildman–Crippen MR) is 87.2 cm³/mol. The number of halogens is 4. The molecule has 0 spiro atoms. The molecule has 1 N–H and O–H groups in total. The second-order valence-electron chi connectivity index (χ2n) is 4.60. The Balaban J connectivity index is 2.17. The molecule has 23 heavy (non-hydrogen) atoms. The molecule has 2 nitrogen and oxygen atoms in total. The van der Waals surface area contributed by atoms with Gasteiger partial charge in [-0.05, 0) is 48.2 Å². The molecule has 0 fully saturated rings. The molecule has 0 heterocycles. The smallest absolute Gasteiger partial charge is 0.322 e. The van der Waals surface area contributed by atoms with E-state index in [2.05, 4.69) is 5.32 Å². The molecule has 0 radical (unpaired) electrons. The van der Waals surface area contributed by atoms with Crippen molar-refractivity contribution in [1.82, 2.24) is 0 Å². The Kier molecular flexibility index (Phi) is 5.59. The summed E-state index contributed by atoms with van der Waals surface area (Å²) < 4.78 is 38.5. The summed E-state index contributed by atoms with van der Waals surface area (Å²) in [5.74, 6) is 0.305. The van der Waals surface area contributed by atoms with E-state index in [1.165, 1.54) is 6.07 Å². The van der Waals surface area contributed by atoms with E-state index in [1.54, 1.807) is 23.9 Å². The van der Waals surface area contributed by atoms with Crippen molar-refractivity contribution in [2.75, 3.05) is 11.1 Å². The van der Waals surface area contributed by atoms with Crippen LogP contribution >= 0.6 is 23.4 Å². The second-order valence-corrected chi connectivity index (χ2v) is 6.35. The third-order valence-electron chi connectivity index (χ3n) is 2.96. The minimum Gasteiger partial charge on any atom is -0.322 e. The number of anilines is 1. The van der Waals surface area contributed by atoms with Crippen LogP contribution in [-0.2, 0) is 6.18 Å². The van der Waals surface area contributed by atoms with Gasteiger partial charge in [0.05, 0.1) is 10.6 Å². The van der Waals surface area contributed by atoms with Crippen LogP contribution in [-0.4, -0.2) is 11.7 Å². The number of hydrogen-bond donors (Lipinski definition) is 1. The van der Waals surface area contributed by atoms with Gasteiger partial charge in [-0.3, -0.25) is 4.79 Å². The SMILES string of the molecule is CCSc1ccc(NC(=O)c2ccc(Cl)c(C(F)(F)F)c2)cc1. The van der Waals surface area contributed by atoms with Crippen LogP contribution in [0.1, 0.15) is 22.8 Å². The Morgan fingerprint density at radius 3 is 2.39 bits per heavy atom. The zero-order chi connectivity index (χ0) is 17.0. The molecule has 2 aromatic rings. The van der Waals surface area contributed by atoms with E-state index in [0.29, 0.717) is 5.69 Å². The standard InChI is InChI=1S/C16H13ClF3NOS/c1-2-23-12-6-4-11(5-7-12)21-15(22)10-3-8-14(17)13(9-10)16(18,19)20/h3-9H,2H2,1H3,(H,21,22). The lowest BCUT2D eigenvalue weighted by molar-refractivity contribution is -0.137. The van der Waals surface area contributed by atoms with E-state index in [0.717, 1.165) is 22.8 Å². The average Bonchev–Trinajstić information content (AvgIpc) is 2.48. The van der Waals surface area contributed by atoms with Crippen LogP contribution in [0.2, 0.25) is 5.02 Å². The molecular formula is C16H13ClF3NOS. The highest BCUT2D eigenvalue weighted by Gasteiger charge is 2.33. The van der Waals surface area contributed by atoms with Crippen LogP contribution in [0, 0.1) is 0 Å². The van der Waals surface area contributed by atoms with Crippen LogP contribution in [0.5, 0.6) is 0 Å². The Hall–Kier alpha value is -1.66. The third kappa shape index (κ3) is 4.65. The van der Waals surface area contributed by atoms with Crippen molar-refractivity contribution >= 4 is 35.0 Å². The van der Waals surface area contributed by atoms with Crippen molar-refractivity contribution in [3.8, 4) is 0 Å². The summed E-state index contributed by atoms with van der Waals surface area (Å²) >= 11 is 7.19. The van der Waals surface area contributed by atoms with Crippen molar-refractivity contribution in [1.29, 1.82) is 0 Å². The first kappa shape index (κ1) is 17.7. The van der Waals surface area contributed by atoms with E-state index in [9.17, 15) is 18.0 Å². The van der Waals surface area contributed by atoms with Crippen molar-refractivity contribution in [2.24, 2.45) is 0 Å². The Morgan fingerprint density at radius 1 is 1.17 bits per heavy atom. The molecule has 1 amide bonds. The van der Waals surface area contributed by atoms with Gasteiger partial charge in [-0.1, -0.05) is 18.5 Å². The molecule has 0 aliphatic heterocycles.